The van der Waals surface area contributed by atoms with Gasteiger partial charge >= 0.3 is 0 Å². The van der Waals surface area contributed by atoms with Crippen molar-refractivity contribution in [1.82, 2.24) is 4.90 Å². The van der Waals surface area contributed by atoms with Crippen LogP contribution in [0, 0.1) is 12.8 Å². The van der Waals surface area contributed by atoms with Crippen LogP contribution in [0.25, 0.3) is 0 Å². The van der Waals surface area contributed by atoms with Gasteiger partial charge in [-0.1, -0.05) is 19.9 Å². The molecule has 0 saturated carbocycles. The molecule has 3 N–H and O–H groups in total. The van der Waals surface area contributed by atoms with E-state index in [2.05, 4.69) is 51.1 Å². The van der Waals surface area contributed by atoms with Gasteiger partial charge in [0.05, 0.1) is 11.4 Å². The van der Waals surface area contributed by atoms with Crippen molar-refractivity contribution in [2.24, 2.45) is 5.92 Å². The summed E-state index contributed by atoms with van der Waals surface area (Å²) >= 11 is 0. The third kappa shape index (κ3) is 4.27. The van der Waals surface area contributed by atoms with E-state index in [1.54, 1.807) is 0 Å². The first-order valence-electron chi connectivity index (χ1n) is 6.17. The minimum atomic E-state index is 0.411. The fourth-order valence-corrected chi connectivity index (χ4v) is 1.81. The van der Waals surface area contributed by atoms with Crippen molar-refractivity contribution < 1.29 is 0 Å². The molecule has 0 aliphatic rings. The number of rotatable bonds is 5. The van der Waals surface area contributed by atoms with Crippen molar-refractivity contribution in [2.75, 3.05) is 31.7 Å². The van der Waals surface area contributed by atoms with E-state index in [-0.39, 0.29) is 0 Å². The molecule has 0 spiro atoms. The molecular formula is C14H25N3. The standard InChI is InChI=1S/C14H25N3/c1-10(2)14(9-17(4)5)16-13-8-11(3)6-7-12(13)15/h6-8,10,14,16H,9,15H2,1-5H3. The predicted octanol–water partition coefficient (Wildman–Crippen LogP) is 2.58. The lowest BCUT2D eigenvalue weighted by atomic mass is 10.0. The number of benzene rings is 1. The largest absolute Gasteiger partial charge is 0.397 e. The van der Waals surface area contributed by atoms with Gasteiger partial charge in [0.1, 0.15) is 0 Å². The fraction of sp³-hybridized carbons (Fsp3) is 0.571. The van der Waals surface area contributed by atoms with Crippen molar-refractivity contribution in [3.05, 3.63) is 23.8 Å². The lowest BCUT2D eigenvalue weighted by Crippen LogP contribution is -2.36. The van der Waals surface area contributed by atoms with E-state index in [4.69, 9.17) is 5.73 Å². The molecule has 0 heterocycles. The highest BCUT2D eigenvalue weighted by molar-refractivity contribution is 5.67. The predicted molar refractivity (Wildman–Crippen MR) is 76.4 cm³/mol. The molecular weight excluding hydrogens is 210 g/mol. The molecule has 1 unspecified atom stereocenters. The first-order valence-corrected chi connectivity index (χ1v) is 6.17. The van der Waals surface area contributed by atoms with Gasteiger partial charge in [-0.3, -0.25) is 0 Å². The lowest BCUT2D eigenvalue weighted by Gasteiger charge is -2.27. The molecule has 0 saturated heterocycles. The molecule has 0 aromatic heterocycles. The van der Waals surface area contributed by atoms with Crippen molar-refractivity contribution in [1.29, 1.82) is 0 Å². The van der Waals surface area contributed by atoms with Crippen LogP contribution >= 0.6 is 0 Å². The van der Waals surface area contributed by atoms with Crippen LogP contribution in [0.1, 0.15) is 19.4 Å². The highest BCUT2D eigenvalue weighted by Crippen LogP contribution is 2.22. The minimum Gasteiger partial charge on any atom is -0.397 e. The van der Waals surface area contributed by atoms with E-state index in [0.29, 0.717) is 12.0 Å². The number of aryl methyl sites for hydroxylation is 1. The van der Waals surface area contributed by atoms with E-state index in [0.717, 1.165) is 17.9 Å². The summed E-state index contributed by atoms with van der Waals surface area (Å²) in [6.07, 6.45) is 0. The van der Waals surface area contributed by atoms with Crippen LogP contribution in [-0.2, 0) is 0 Å². The highest BCUT2D eigenvalue weighted by Gasteiger charge is 2.15. The minimum absolute atomic E-state index is 0.411. The number of likely N-dealkylation sites (N-methyl/N-ethyl adjacent to an activating group) is 1. The van der Waals surface area contributed by atoms with Crippen LogP contribution in [0.5, 0.6) is 0 Å². The number of nitrogens with two attached hydrogens (primary N) is 1. The number of nitrogen functional groups attached to an aromatic ring is 1. The number of nitrogens with one attached hydrogen (secondary N) is 1. The van der Waals surface area contributed by atoms with Gasteiger partial charge in [-0.25, -0.2) is 0 Å². The van der Waals surface area contributed by atoms with Gasteiger partial charge in [0, 0.05) is 12.6 Å². The maximum Gasteiger partial charge on any atom is 0.0579 e. The second-order valence-electron chi connectivity index (χ2n) is 5.35. The molecule has 0 fully saturated rings. The zero-order valence-corrected chi connectivity index (χ0v) is 11.6. The van der Waals surface area contributed by atoms with Gasteiger partial charge in [-0.15, -0.1) is 0 Å². The molecule has 3 heteroatoms. The SMILES string of the molecule is Cc1ccc(N)c(NC(CN(C)C)C(C)C)c1. The smallest absolute Gasteiger partial charge is 0.0579 e. The molecule has 96 valence electrons. The molecule has 0 amide bonds. The molecule has 0 bridgehead atoms. The van der Waals surface area contributed by atoms with Crippen molar-refractivity contribution >= 4 is 11.4 Å². The highest BCUT2D eigenvalue weighted by atomic mass is 15.1. The Labute approximate surface area is 105 Å². The lowest BCUT2D eigenvalue weighted by molar-refractivity contribution is 0.344. The van der Waals surface area contributed by atoms with Crippen LogP contribution in [-0.4, -0.2) is 31.6 Å². The van der Waals surface area contributed by atoms with E-state index < -0.39 is 0 Å². The zero-order valence-electron chi connectivity index (χ0n) is 11.6. The molecule has 1 aromatic rings. The number of hydrogen-bond donors (Lipinski definition) is 2. The first-order chi connectivity index (χ1) is 7.90. The third-order valence-corrected chi connectivity index (χ3v) is 2.92. The van der Waals surface area contributed by atoms with Gasteiger partial charge in [0.2, 0.25) is 0 Å². The normalized spacial score (nSPS) is 13.1. The first kappa shape index (κ1) is 13.8. The Morgan fingerprint density at radius 3 is 2.47 bits per heavy atom. The summed E-state index contributed by atoms with van der Waals surface area (Å²) in [5, 5.41) is 3.55. The van der Waals surface area contributed by atoms with Crippen molar-refractivity contribution in [3.63, 3.8) is 0 Å². The van der Waals surface area contributed by atoms with E-state index >= 15 is 0 Å². The van der Waals surface area contributed by atoms with Gasteiger partial charge in [0.25, 0.3) is 0 Å². The molecule has 1 aromatic carbocycles. The maximum absolute atomic E-state index is 5.99. The Morgan fingerprint density at radius 2 is 1.94 bits per heavy atom. The zero-order chi connectivity index (χ0) is 13.0. The summed E-state index contributed by atoms with van der Waals surface area (Å²) in [7, 11) is 4.19. The fourth-order valence-electron chi connectivity index (χ4n) is 1.81. The summed E-state index contributed by atoms with van der Waals surface area (Å²) < 4.78 is 0. The summed E-state index contributed by atoms with van der Waals surface area (Å²) in [5.41, 5.74) is 9.09. The van der Waals surface area contributed by atoms with Crippen LogP contribution in [0.15, 0.2) is 18.2 Å². The molecule has 0 radical (unpaired) electrons. The average molecular weight is 235 g/mol. The maximum atomic E-state index is 5.99. The number of nitrogens with zero attached hydrogens (tertiary/aromatic N) is 1. The Hall–Kier alpha value is -1.22. The van der Waals surface area contributed by atoms with Gasteiger partial charge in [0.15, 0.2) is 0 Å². The second-order valence-corrected chi connectivity index (χ2v) is 5.35. The second kappa shape index (κ2) is 5.92. The molecule has 0 aliphatic heterocycles. The average Bonchev–Trinajstić information content (AvgIpc) is 2.21. The molecule has 17 heavy (non-hydrogen) atoms. The van der Waals surface area contributed by atoms with Crippen molar-refractivity contribution in [2.45, 2.75) is 26.8 Å². The Kier molecular flexibility index (Phi) is 4.82. The Bertz CT molecular complexity index is 358. The summed E-state index contributed by atoms with van der Waals surface area (Å²) in [4.78, 5) is 2.20. The van der Waals surface area contributed by atoms with Crippen LogP contribution in [0.3, 0.4) is 0 Å². The van der Waals surface area contributed by atoms with Gasteiger partial charge in [-0.05, 0) is 44.6 Å². The van der Waals surface area contributed by atoms with Crippen molar-refractivity contribution in [3.8, 4) is 0 Å². The van der Waals surface area contributed by atoms with Gasteiger partial charge in [-0.2, -0.15) is 0 Å². The third-order valence-electron chi connectivity index (χ3n) is 2.92. The van der Waals surface area contributed by atoms with Crippen LogP contribution in [0.4, 0.5) is 11.4 Å². The quantitative estimate of drug-likeness (QED) is 0.771. The number of anilines is 2. The molecule has 3 nitrogen and oxygen atoms in total. The van der Waals surface area contributed by atoms with E-state index in [1.165, 1.54) is 5.56 Å². The number of hydrogen-bond acceptors (Lipinski definition) is 3. The summed E-state index contributed by atoms with van der Waals surface area (Å²) in [6.45, 7) is 7.55. The molecule has 0 aliphatic carbocycles. The molecule has 1 rings (SSSR count). The van der Waals surface area contributed by atoms with E-state index in [9.17, 15) is 0 Å². The van der Waals surface area contributed by atoms with E-state index in [1.807, 2.05) is 12.1 Å². The topological polar surface area (TPSA) is 41.3 Å². The monoisotopic (exact) mass is 235 g/mol. The Balaban J connectivity index is 2.81. The summed E-state index contributed by atoms with van der Waals surface area (Å²) in [6, 6.07) is 6.52. The Morgan fingerprint density at radius 1 is 1.29 bits per heavy atom. The van der Waals surface area contributed by atoms with Crippen LogP contribution in [0.2, 0.25) is 0 Å². The summed E-state index contributed by atoms with van der Waals surface area (Å²) in [5.74, 6) is 0.567. The molecule has 1 atom stereocenters. The van der Waals surface area contributed by atoms with Gasteiger partial charge < -0.3 is 16.0 Å². The van der Waals surface area contributed by atoms with Crippen LogP contribution < -0.4 is 11.1 Å².